The number of hydrogen-bond donors (Lipinski definition) is 0. The van der Waals surface area contributed by atoms with Gasteiger partial charge in [-0.05, 0) is 30.7 Å². The van der Waals surface area contributed by atoms with Crippen LogP contribution < -0.4 is 4.90 Å². The van der Waals surface area contributed by atoms with Crippen molar-refractivity contribution in [2.75, 3.05) is 4.90 Å². The van der Waals surface area contributed by atoms with Gasteiger partial charge in [0.2, 0.25) is 0 Å². The van der Waals surface area contributed by atoms with E-state index in [1.807, 2.05) is 12.3 Å². The molecule has 1 aliphatic rings. The van der Waals surface area contributed by atoms with Crippen molar-refractivity contribution in [2.45, 2.75) is 19.5 Å². The lowest BCUT2D eigenvalue weighted by atomic mass is 10.1. The molecule has 0 unspecified atom stereocenters. The number of fused-ring (bicyclic) bond motifs is 1. The normalized spacial score (nSPS) is 17.4. The van der Waals surface area contributed by atoms with Gasteiger partial charge in [-0.3, -0.25) is 4.99 Å². The molecule has 2 aromatic rings. The highest BCUT2D eigenvalue weighted by Gasteiger charge is 2.20. The average molecular weight is 315 g/mol. The second kappa shape index (κ2) is 5.17. The van der Waals surface area contributed by atoms with Gasteiger partial charge in [0, 0.05) is 17.2 Å². The Balaban J connectivity index is 1.97. The Morgan fingerprint density at radius 1 is 1.16 bits per heavy atom. The van der Waals surface area contributed by atoms with Crippen LogP contribution >= 0.6 is 15.9 Å². The zero-order valence-electron chi connectivity index (χ0n) is 10.8. The first-order chi connectivity index (χ1) is 9.24. The maximum absolute atomic E-state index is 4.52. The monoisotopic (exact) mass is 314 g/mol. The summed E-state index contributed by atoms with van der Waals surface area (Å²) in [7, 11) is 0. The van der Waals surface area contributed by atoms with Gasteiger partial charge in [-0.25, -0.2) is 0 Å². The molecule has 0 bridgehead atoms. The third kappa shape index (κ3) is 2.56. The van der Waals surface area contributed by atoms with Crippen molar-refractivity contribution in [3.63, 3.8) is 0 Å². The van der Waals surface area contributed by atoms with Gasteiger partial charge in [0.25, 0.3) is 0 Å². The first-order valence-corrected chi connectivity index (χ1v) is 7.17. The van der Waals surface area contributed by atoms with Crippen LogP contribution in [0.15, 0.2) is 58.0 Å². The number of anilines is 1. The van der Waals surface area contributed by atoms with E-state index in [0.717, 1.165) is 16.7 Å². The molecule has 0 amide bonds. The maximum atomic E-state index is 4.52. The SMILES string of the molecule is C[C@@H]1C=Nc2ccc(Br)cc2N1Cc1ccccc1. The van der Waals surface area contributed by atoms with Gasteiger partial charge in [0.05, 0.1) is 17.4 Å². The van der Waals surface area contributed by atoms with Crippen LogP contribution in [0, 0.1) is 0 Å². The van der Waals surface area contributed by atoms with E-state index in [-0.39, 0.29) is 0 Å². The summed E-state index contributed by atoms with van der Waals surface area (Å²) in [6, 6.07) is 17.1. The van der Waals surface area contributed by atoms with Crippen molar-refractivity contribution in [3.8, 4) is 0 Å². The van der Waals surface area contributed by atoms with Crippen molar-refractivity contribution >= 4 is 33.5 Å². The fourth-order valence-corrected chi connectivity index (χ4v) is 2.68. The van der Waals surface area contributed by atoms with Gasteiger partial charge < -0.3 is 4.90 Å². The topological polar surface area (TPSA) is 15.6 Å². The standard InChI is InChI=1S/C16H15BrN2/c1-12-10-18-15-8-7-14(17)9-16(15)19(12)11-13-5-3-2-4-6-13/h2-10,12H,11H2,1H3/t12-/m1/s1. The average Bonchev–Trinajstić information content (AvgIpc) is 2.43. The second-order valence-corrected chi connectivity index (χ2v) is 5.68. The van der Waals surface area contributed by atoms with E-state index in [1.54, 1.807) is 0 Å². The molecule has 1 aliphatic heterocycles. The lowest BCUT2D eigenvalue weighted by molar-refractivity contribution is 0.761. The van der Waals surface area contributed by atoms with Crippen molar-refractivity contribution in [1.29, 1.82) is 0 Å². The highest BCUT2D eigenvalue weighted by molar-refractivity contribution is 9.10. The molecule has 2 aromatic carbocycles. The molecule has 0 radical (unpaired) electrons. The molecule has 3 heteroatoms. The molecule has 96 valence electrons. The Bertz CT molecular complexity index is 607. The van der Waals surface area contributed by atoms with Crippen LogP contribution in [-0.2, 0) is 6.54 Å². The number of halogens is 1. The molecule has 0 aliphatic carbocycles. The van der Waals surface area contributed by atoms with Crippen LogP contribution in [0.1, 0.15) is 12.5 Å². The maximum Gasteiger partial charge on any atom is 0.0861 e. The summed E-state index contributed by atoms with van der Waals surface area (Å²) in [5.41, 5.74) is 3.54. The van der Waals surface area contributed by atoms with E-state index >= 15 is 0 Å². The molecule has 0 fully saturated rings. The predicted molar refractivity (Wildman–Crippen MR) is 84.4 cm³/mol. The van der Waals surface area contributed by atoms with E-state index in [9.17, 15) is 0 Å². The summed E-state index contributed by atoms with van der Waals surface area (Å²) in [6.07, 6.45) is 2.01. The van der Waals surface area contributed by atoms with Gasteiger partial charge in [-0.1, -0.05) is 46.3 Å². The first-order valence-electron chi connectivity index (χ1n) is 6.38. The van der Waals surface area contributed by atoms with Crippen LogP contribution in [0.25, 0.3) is 0 Å². The zero-order chi connectivity index (χ0) is 13.2. The number of aliphatic imine (C=N–C) groups is 1. The number of hydrogen-bond acceptors (Lipinski definition) is 2. The van der Waals surface area contributed by atoms with Gasteiger partial charge in [-0.15, -0.1) is 0 Å². The minimum Gasteiger partial charge on any atom is -0.358 e. The Morgan fingerprint density at radius 2 is 1.95 bits per heavy atom. The van der Waals surface area contributed by atoms with Gasteiger partial charge >= 0.3 is 0 Å². The molecule has 0 aromatic heterocycles. The van der Waals surface area contributed by atoms with E-state index in [2.05, 4.69) is 75.2 Å². The largest absolute Gasteiger partial charge is 0.358 e. The summed E-state index contributed by atoms with van der Waals surface area (Å²) in [4.78, 5) is 6.90. The lowest BCUT2D eigenvalue weighted by Gasteiger charge is -2.33. The van der Waals surface area contributed by atoms with Crippen LogP contribution in [0.2, 0.25) is 0 Å². The summed E-state index contributed by atoms with van der Waals surface area (Å²) in [5.74, 6) is 0. The fraction of sp³-hybridized carbons (Fsp3) is 0.188. The number of nitrogens with zero attached hydrogens (tertiary/aromatic N) is 2. The third-order valence-electron chi connectivity index (χ3n) is 3.36. The molecule has 19 heavy (non-hydrogen) atoms. The molecule has 2 nitrogen and oxygen atoms in total. The van der Waals surface area contributed by atoms with E-state index < -0.39 is 0 Å². The Kier molecular flexibility index (Phi) is 3.38. The van der Waals surface area contributed by atoms with Gasteiger partial charge in [0.15, 0.2) is 0 Å². The smallest absolute Gasteiger partial charge is 0.0861 e. The fourth-order valence-electron chi connectivity index (χ4n) is 2.33. The summed E-state index contributed by atoms with van der Waals surface area (Å²) >= 11 is 3.54. The Morgan fingerprint density at radius 3 is 2.74 bits per heavy atom. The molecule has 0 saturated heterocycles. The van der Waals surface area contributed by atoms with Crippen LogP contribution in [0.4, 0.5) is 11.4 Å². The summed E-state index contributed by atoms with van der Waals surface area (Å²) < 4.78 is 1.09. The molecule has 1 heterocycles. The first kappa shape index (κ1) is 12.4. The molecular formula is C16H15BrN2. The van der Waals surface area contributed by atoms with Crippen LogP contribution in [-0.4, -0.2) is 12.3 Å². The third-order valence-corrected chi connectivity index (χ3v) is 3.86. The quantitative estimate of drug-likeness (QED) is 0.793. The van der Waals surface area contributed by atoms with Crippen molar-refractivity contribution in [1.82, 2.24) is 0 Å². The highest BCUT2D eigenvalue weighted by atomic mass is 79.9. The van der Waals surface area contributed by atoms with Crippen LogP contribution in [0.5, 0.6) is 0 Å². The van der Waals surface area contributed by atoms with Crippen LogP contribution in [0.3, 0.4) is 0 Å². The second-order valence-electron chi connectivity index (χ2n) is 4.77. The van der Waals surface area contributed by atoms with Gasteiger partial charge in [0.1, 0.15) is 0 Å². The van der Waals surface area contributed by atoms with E-state index in [1.165, 1.54) is 11.3 Å². The van der Waals surface area contributed by atoms with E-state index in [4.69, 9.17) is 0 Å². The molecule has 0 N–H and O–H groups in total. The molecule has 0 spiro atoms. The Labute approximate surface area is 121 Å². The molecule has 1 atom stereocenters. The van der Waals surface area contributed by atoms with Gasteiger partial charge in [-0.2, -0.15) is 0 Å². The minimum atomic E-state index is 0.307. The molecular weight excluding hydrogens is 300 g/mol. The zero-order valence-corrected chi connectivity index (χ0v) is 12.3. The van der Waals surface area contributed by atoms with Crippen molar-refractivity contribution < 1.29 is 0 Å². The number of rotatable bonds is 2. The summed E-state index contributed by atoms with van der Waals surface area (Å²) in [5, 5.41) is 0. The van der Waals surface area contributed by atoms with E-state index in [0.29, 0.717) is 6.04 Å². The summed E-state index contributed by atoms with van der Waals surface area (Å²) in [6.45, 7) is 3.08. The molecule has 3 rings (SSSR count). The minimum absolute atomic E-state index is 0.307. The predicted octanol–water partition coefficient (Wildman–Crippen LogP) is 4.56. The highest BCUT2D eigenvalue weighted by Crippen LogP contribution is 2.36. The lowest BCUT2D eigenvalue weighted by Crippen LogP contribution is -2.35. The van der Waals surface area contributed by atoms with Crippen molar-refractivity contribution in [3.05, 3.63) is 58.6 Å². The molecule has 0 saturated carbocycles. The van der Waals surface area contributed by atoms with Crippen molar-refractivity contribution in [2.24, 2.45) is 4.99 Å². The number of benzene rings is 2. The Hall–Kier alpha value is -1.61.